The predicted octanol–water partition coefficient (Wildman–Crippen LogP) is 4.60. The minimum atomic E-state index is -1.25. The number of thiazole rings is 1. The Labute approximate surface area is 243 Å². The minimum absolute atomic E-state index is 0.404. The number of thiophene rings is 1. The van der Waals surface area contributed by atoms with Crippen LogP contribution in [0.1, 0.15) is 32.9 Å². The SMILES string of the molecule is c1ccc(N2C(c3nccs3)=C(c3csnn3)C(c3nn[nH]n3)(c3cccs3)C2(c2ccn[nH]2)c2ccco2)nc1. The molecule has 15 heteroatoms. The first kappa shape index (κ1) is 24.0. The van der Waals surface area contributed by atoms with Crippen LogP contribution in [0.15, 0.2) is 93.9 Å². The maximum absolute atomic E-state index is 6.40. The fourth-order valence-electron chi connectivity index (χ4n) is 5.90. The maximum atomic E-state index is 6.40. The van der Waals surface area contributed by atoms with Crippen molar-refractivity contribution in [2.45, 2.75) is 11.0 Å². The zero-order valence-electron chi connectivity index (χ0n) is 20.8. The number of aromatic nitrogens is 10. The second-order valence-electron chi connectivity index (χ2n) is 9.00. The molecule has 41 heavy (non-hydrogen) atoms. The summed E-state index contributed by atoms with van der Waals surface area (Å²) in [6, 6.07) is 15.6. The predicted molar refractivity (Wildman–Crippen MR) is 153 cm³/mol. The molecule has 0 radical (unpaired) electrons. The standard InChI is InChI=1S/C26H17N11OS3/c1-2-9-27-20(7-1)37-22(23-28-11-14-40-23)21(16-15-41-36-30-16)25(19-6-4-13-39-19,24-32-34-35-33-24)26(37,17-8-10-29-31-17)18-5-3-12-38-18/h1-15H,(H,29,31)(H,32,33,34,35). The van der Waals surface area contributed by atoms with Crippen molar-refractivity contribution in [2.24, 2.45) is 0 Å². The molecule has 7 aromatic rings. The van der Waals surface area contributed by atoms with E-state index in [2.05, 4.69) is 51.4 Å². The zero-order chi connectivity index (χ0) is 27.3. The number of tetrazole rings is 1. The lowest BCUT2D eigenvalue weighted by Gasteiger charge is -2.47. The molecule has 200 valence electrons. The number of nitrogens with zero attached hydrogens (tertiary/aromatic N) is 9. The Morgan fingerprint density at radius 1 is 0.902 bits per heavy atom. The van der Waals surface area contributed by atoms with E-state index in [1.54, 1.807) is 36.2 Å². The lowest BCUT2D eigenvalue weighted by Crippen LogP contribution is -2.57. The molecule has 8 heterocycles. The molecule has 0 spiro atoms. The van der Waals surface area contributed by atoms with Gasteiger partial charge in [-0.05, 0) is 53.3 Å². The summed E-state index contributed by atoms with van der Waals surface area (Å²) in [5.74, 6) is 1.64. The van der Waals surface area contributed by atoms with Gasteiger partial charge in [0.05, 0.1) is 17.7 Å². The first-order valence-corrected chi connectivity index (χ1v) is 14.9. The third kappa shape index (κ3) is 3.18. The third-order valence-corrected chi connectivity index (χ3v) is 9.46. The summed E-state index contributed by atoms with van der Waals surface area (Å²) in [6.45, 7) is 0. The molecule has 2 unspecified atom stereocenters. The van der Waals surface area contributed by atoms with E-state index < -0.39 is 11.0 Å². The number of hydrogen-bond acceptors (Lipinski definition) is 13. The number of furan rings is 1. The Morgan fingerprint density at radius 2 is 1.90 bits per heavy atom. The van der Waals surface area contributed by atoms with Crippen molar-refractivity contribution in [3.05, 3.63) is 122 Å². The van der Waals surface area contributed by atoms with Gasteiger partial charge in [0.2, 0.25) is 0 Å². The maximum Gasteiger partial charge on any atom is 0.193 e. The van der Waals surface area contributed by atoms with Gasteiger partial charge in [-0.1, -0.05) is 21.8 Å². The van der Waals surface area contributed by atoms with Crippen molar-refractivity contribution < 1.29 is 4.42 Å². The largest absolute Gasteiger partial charge is 0.466 e. The first-order chi connectivity index (χ1) is 20.4. The van der Waals surface area contributed by atoms with Crippen molar-refractivity contribution in [2.75, 3.05) is 4.90 Å². The Hall–Kier alpha value is -4.86. The van der Waals surface area contributed by atoms with Crippen LogP contribution in [-0.4, -0.2) is 50.4 Å². The van der Waals surface area contributed by atoms with Gasteiger partial charge in [-0.25, -0.2) is 9.97 Å². The van der Waals surface area contributed by atoms with Crippen LogP contribution in [-0.2, 0) is 11.0 Å². The normalized spacial score (nSPS) is 20.7. The molecule has 7 aromatic heterocycles. The molecule has 8 rings (SSSR count). The van der Waals surface area contributed by atoms with Gasteiger partial charge in [0.25, 0.3) is 0 Å². The number of nitrogens with one attached hydrogen (secondary N) is 2. The van der Waals surface area contributed by atoms with Crippen LogP contribution in [0.5, 0.6) is 0 Å². The van der Waals surface area contributed by atoms with Crippen molar-refractivity contribution in [1.29, 1.82) is 0 Å². The molecule has 0 aliphatic carbocycles. The second-order valence-corrected chi connectivity index (χ2v) is 11.4. The molecule has 0 amide bonds. The van der Waals surface area contributed by atoms with Crippen LogP contribution in [0.3, 0.4) is 0 Å². The summed E-state index contributed by atoms with van der Waals surface area (Å²) in [5.41, 5.74) is 0.427. The number of aromatic amines is 2. The van der Waals surface area contributed by atoms with Gasteiger partial charge in [0.15, 0.2) is 11.4 Å². The van der Waals surface area contributed by atoms with E-state index in [0.29, 0.717) is 28.8 Å². The molecular weight excluding hydrogens is 579 g/mol. The van der Waals surface area contributed by atoms with Gasteiger partial charge in [-0.15, -0.1) is 38.0 Å². The third-order valence-electron chi connectivity index (χ3n) is 7.18. The summed E-state index contributed by atoms with van der Waals surface area (Å²) in [5, 5.41) is 35.1. The molecule has 2 atom stereocenters. The molecule has 12 nitrogen and oxygen atoms in total. The van der Waals surface area contributed by atoms with Crippen LogP contribution in [0.2, 0.25) is 0 Å². The summed E-state index contributed by atoms with van der Waals surface area (Å²) >= 11 is 4.34. The van der Waals surface area contributed by atoms with Gasteiger partial charge >= 0.3 is 0 Å². The van der Waals surface area contributed by atoms with Crippen molar-refractivity contribution in [3.8, 4) is 0 Å². The minimum Gasteiger partial charge on any atom is -0.466 e. The average Bonchev–Trinajstić information content (AvgIpc) is 3.86. The molecule has 0 saturated heterocycles. The summed E-state index contributed by atoms with van der Waals surface area (Å²) in [7, 11) is 0. The molecule has 0 fully saturated rings. The van der Waals surface area contributed by atoms with Crippen molar-refractivity contribution in [3.63, 3.8) is 0 Å². The highest BCUT2D eigenvalue weighted by Crippen LogP contribution is 2.68. The monoisotopic (exact) mass is 595 g/mol. The molecule has 2 N–H and O–H groups in total. The Bertz CT molecular complexity index is 1810. The van der Waals surface area contributed by atoms with Crippen LogP contribution < -0.4 is 4.90 Å². The molecule has 0 bridgehead atoms. The lowest BCUT2D eigenvalue weighted by molar-refractivity contribution is 0.311. The summed E-state index contributed by atoms with van der Waals surface area (Å²) < 4.78 is 10.7. The van der Waals surface area contributed by atoms with Gasteiger partial charge in [0.1, 0.15) is 27.7 Å². The number of hydrogen-bond donors (Lipinski definition) is 2. The molecule has 1 aliphatic heterocycles. The Balaban J connectivity index is 1.68. The molecule has 1 aliphatic rings. The van der Waals surface area contributed by atoms with Gasteiger partial charge in [-0.3, -0.25) is 5.10 Å². The number of H-pyrrole nitrogens is 2. The Morgan fingerprint density at radius 3 is 2.56 bits per heavy atom. The van der Waals surface area contributed by atoms with E-state index in [1.807, 2.05) is 58.6 Å². The topological polar surface area (TPSA) is 151 Å². The highest BCUT2D eigenvalue weighted by atomic mass is 32.1. The number of pyridine rings is 1. The van der Waals surface area contributed by atoms with Crippen LogP contribution >= 0.6 is 34.2 Å². The highest BCUT2D eigenvalue weighted by Gasteiger charge is 2.73. The second kappa shape index (κ2) is 9.36. The number of anilines is 1. The summed E-state index contributed by atoms with van der Waals surface area (Å²) in [6.07, 6.45) is 6.92. The van der Waals surface area contributed by atoms with E-state index in [4.69, 9.17) is 14.4 Å². The first-order valence-electron chi connectivity index (χ1n) is 12.3. The number of rotatable bonds is 7. The van der Waals surface area contributed by atoms with Gasteiger partial charge < -0.3 is 9.32 Å². The quantitative estimate of drug-likeness (QED) is 0.268. The smallest absolute Gasteiger partial charge is 0.193 e. The van der Waals surface area contributed by atoms with Crippen LogP contribution in [0, 0.1) is 0 Å². The molecule has 0 aromatic carbocycles. The Kier molecular flexibility index (Phi) is 5.48. The molecule has 0 saturated carbocycles. The van der Waals surface area contributed by atoms with Gasteiger partial charge in [0, 0.05) is 39.8 Å². The zero-order valence-corrected chi connectivity index (χ0v) is 23.3. The van der Waals surface area contributed by atoms with E-state index in [9.17, 15) is 0 Å². The van der Waals surface area contributed by atoms with Gasteiger partial charge in [-0.2, -0.15) is 10.3 Å². The summed E-state index contributed by atoms with van der Waals surface area (Å²) in [4.78, 5) is 12.8. The van der Waals surface area contributed by atoms with Crippen molar-refractivity contribution in [1.82, 2.24) is 50.4 Å². The van der Waals surface area contributed by atoms with Crippen LogP contribution in [0.25, 0.3) is 11.3 Å². The highest BCUT2D eigenvalue weighted by molar-refractivity contribution is 7.11. The van der Waals surface area contributed by atoms with E-state index in [0.717, 1.165) is 21.2 Å². The van der Waals surface area contributed by atoms with E-state index in [1.165, 1.54) is 22.9 Å². The lowest BCUT2D eigenvalue weighted by atomic mass is 9.61. The average molecular weight is 596 g/mol. The van der Waals surface area contributed by atoms with Crippen molar-refractivity contribution >= 4 is 51.3 Å². The van der Waals surface area contributed by atoms with Crippen LogP contribution in [0.4, 0.5) is 5.82 Å². The van der Waals surface area contributed by atoms with E-state index >= 15 is 0 Å². The van der Waals surface area contributed by atoms with E-state index in [-0.39, 0.29) is 0 Å². The molecular formula is C26H17N11OS3. The fourth-order valence-corrected chi connectivity index (χ4v) is 8.00. The fraction of sp³-hybridized carbons (Fsp3) is 0.0769.